The van der Waals surface area contributed by atoms with Crippen molar-refractivity contribution in [2.24, 2.45) is 0 Å². The summed E-state index contributed by atoms with van der Waals surface area (Å²) in [5, 5.41) is 20.3. The highest BCUT2D eigenvalue weighted by atomic mass is 16.5. The second kappa shape index (κ2) is 9.48. The molecule has 0 bridgehead atoms. The Balaban J connectivity index is 1.82. The number of nitriles is 1. The maximum atomic E-state index is 13.4. The molecule has 1 unspecified atom stereocenters. The van der Waals surface area contributed by atoms with Gasteiger partial charge in [-0.3, -0.25) is 4.90 Å². The summed E-state index contributed by atoms with van der Waals surface area (Å²) in [5.41, 5.74) is 5.25. The van der Waals surface area contributed by atoms with Crippen molar-refractivity contribution in [2.45, 2.75) is 52.3 Å². The molecule has 7 heteroatoms. The van der Waals surface area contributed by atoms with Gasteiger partial charge < -0.3 is 19.2 Å². The van der Waals surface area contributed by atoms with Crippen molar-refractivity contribution in [1.82, 2.24) is 0 Å². The molecule has 4 aromatic rings. The SMILES string of the molecule is CCOC1(C)N(C)c2c(c3cc(-c4ccc(O)cc4)ccc3oc2=O)N1c1ccc(C(C)(C)C#N)cc1CC. The monoisotopic (exact) mass is 523 g/mol. The Morgan fingerprint density at radius 1 is 1.03 bits per heavy atom. The first kappa shape index (κ1) is 26.3. The summed E-state index contributed by atoms with van der Waals surface area (Å²) >= 11 is 0. The summed E-state index contributed by atoms with van der Waals surface area (Å²) in [6, 6.07) is 21.2. The van der Waals surface area contributed by atoms with Crippen LogP contribution in [0.25, 0.3) is 22.1 Å². The number of anilines is 3. The Morgan fingerprint density at radius 3 is 2.36 bits per heavy atom. The molecule has 200 valence electrons. The minimum absolute atomic E-state index is 0.196. The van der Waals surface area contributed by atoms with E-state index in [4.69, 9.17) is 9.15 Å². The third kappa shape index (κ3) is 4.12. The van der Waals surface area contributed by atoms with Gasteiger partial charge in [0.2, 0.25) is 5.85 Å². The Morgan fingerprint density at radius 2 is 1.72 bits per heavy atom. The van der Waals surface area contributed by atoms with Crippen molar-refractivity contribution in [3.63, 3.8) is 0 Å². The molecular formula is C32H33N3O4. The molecule has 3 aromatic carbocycles. The van der Waals surface area contributed by atoms with E-state index in [1.54, 1.807) is 12.1 Å². The first-order chi connectivity index (χ1) is 18.6. The molecule has 0 amide bonds. The van der Waals surface area contributed by atoms with Gasteiger partial charge in [0.1, 0.15) is 11.3 Å². The third-order valence-corrected chi connectivity index (χ3v) is 7.77. The lowest BCUT2D eigenvalue weighted by Gasteiger charge is -2.41. The lowest BCUT2D eigenvalue weighted by atomic mass is 9.85. The van der Waals surface area contributed by atoms with E-state index in [2.05, 4.69) is 24.0 Å². The summed E-state index contributed by atoms with van der Waals surface area (Å²) < 4.78 is 12.2. The average Bonchev–Trinajstić information content (AvgIpc) is 3.16. The van der Waals surface area contributed by atoms with Crippen molar-refractivity contribution in [3.05, 3.63) is 82.2 Å². The molecule has 0 radical (unpaired) electrons. The van der Waals surface area contributed by atoms with Gasteiger partial charge in [0.05, 0.1) is 17.2 Å². The number of aryl methyl sites for hydroxylation is 1. The van der Waals surface area contributed by atoms with Crippen LogP contribution in [0.15, 0.2) is 69.9 Å². The van der Waals surface area contributed by atoms with Gasteiger partial charge in [0.15, 0.2) is 5.69 Å². The lowest BCUT2D eigenvalue weighted by molar-refractivity contribution is -0.0127. The molecular weight excluding hydrogens is 490 g/mol. The van der Waals surface area contributed by atoms with E-state index in [9.17, 15) is 15.2 Å². The van der Waals surface area contributed by atoms with E-state index < -0.39 is 16.9 Å². The summed E-state index contributed by atoms with van der Waals surface area (Å²) in [6.07, 6.45) is 0.723. The number of hydrogen-bond donors (Lipinski definition) is 1. The van der Waals surface area contributed by atoms with Crippen molar-refractivity contribution in [2.75, 3.05) is 23.5 Å². The van der Waals surface area contributed by atoms with Gasteiger partial charge in [0.25, 0.3) is 0 Å². The Bertz CT molecular complexity index is 1670. The fourth-order valence-corrected chi connectivity index (χ4v) is 5.42. The molecule has 1 aliphatic heterocycles. The van der Waals surface area contributed by atoms with Crippen molar-refractivity contribution in [3.8, 4) is 22.9 Å². The van der Waals surface area contributed by atoms with Crippen LogP contribution in [0.1, 0.15) is 45.7 Å². The number of fused-ring (bicyclic) bond motifs is 3. The predicted molar refractivity (Wildman–Crippen MR) is 155 cm³/mol. The Labute approximate surface area is 228 Å². The van der Waals surface area contributed by atoms with Crippen LogP contribution in [0, 0.1) is 11.3 Å². The van der Waals surface area contributed by atoms with Gasteiger partial charge in [0, 0.05) is 31.7 Å². The normalized spacial score (nSPS) is 16.9. The zero-order valence-electron chi connectivity index (χ0n) is 23.2. The zero-order chi connectivity index (χ0) is 28.1. The van der Waals surface area contributed by atoms with E-state index in [0.717, 1.165) is 39.7 Å². The smallest absolute Gasteiger partial charge is 0.362 e. The van der Waals surface area contributed by atoms with Crippen LogP contribution in [0.5, 0.6) is 5.75 Å². The number of rotatable bonds is 6. The molecule has 1 aliphatic rings. The van der Waals surface area contributed by atoms with E-state index >= 15 is 0 Å². The Hall–Kier alpha value is -4.28. The van der Waals surface area contributed by atoms with Crippen LogP contribution < -0.4 is 15.4 Å². The van der Waals surface area contributed by atoms with Crippen LogP contribution in [0.4, 0.5) is 17.1 Å². The van der Waals surface area contributed by atoms with Crippen molar-refractivity contribution < 1.29 is 14.3 Å². The van der Waals surface area contributed by atoms with Gasteiger partial charge in [-0.2, -0.15) is 5.26 Å². The molecule has 1 aromatic heterocycles. The van der Waals surface area contributed by atoms with Crippen LogP contribution in [-0.4, -0.2) is 24.6 Å². The van der Waals surface area contributed by atoms with Crippen LogP contribution in [0.3, 0.4) is 0 Å². The lowest BCUT2D eigenvalue weighted by Crippen LogP contribution is -2.54. The summed E-state index contributed by atoms with van der Waals surface area (Å²) in [5.74, 6) is -0.813. The first-order valence-corrected chi connectivity index (χ1v) is 13.2. The molecule has 0 aliphatic carbocycles. The standard InChI is InChI=1S/C32H33N3O4/c1-7-20-17-23(31(3,4)19-33)12-15-26(20)35-28-25-18-22(21-9-13-24(36)14-10-21)11-16-27(25)39-30(37)29(28)34(6)32(35,5)38-8-2/h9-18,36H,7-8H2,1-6H3. The van der Waals surface area contributed by atoms with E-state index in [-0.39, 0.29) is 5.75 Å². The van der Waals surface area contributed by atoms with Crippen molar-refractivity contribution in [1.29, 1.82) is 5.26 Å². The molecule has 0 fully saturated rings. The molecule has 39 heavy (non-hydrogen) atoms. The second-order valence-corrected chi connectivity index (χ2v) is 10.5. The van der Waals surface area contributed by atoms with Gasteiger partial charge >= 0.3 is 5.63 Å². The number of nitrogens with zero attached hydrogens (tertiary/aromatic N) is 3. The second-order valence-electron chi connectivity index (χ2n) is 10.5. The van der Waals surface area contributed by atoms with E-state index in [0.29, 0.717) is 23.6 Å². The maximum Gasteiger partial charge on any atom is 0.362 e. The van der Waals surface area contributed by atoms with Crippen LogP contribution in [0.2, 0.25) is 0 Å². The van der Waals surface area contributed by atoms with Crippen LogP contribution in [-0.2, 0) is 16.6 Å². The van der Waals surface area contributed by atoms with Gasteiger partial charge in [-0.25, -0.2) is 4.79 Å². The summed E-state index contributed by atoms with van der Waals surface area (Å²) in [6.45, 7) is 10.2. The molecule has 0 spiro atoms. The minimum Gasteiger partial charge on any atom is -0.508 e. The molecule has 5 rings (SSSR count). The topological polar surface area (TPSA) is 89.9 Å². The molecule has 0 saturated carbocycles. The number of phenolic OH excluding ortho intramolecular Hbond substituents is 1. The van der Waals surface area contributed by atoms with Gasteiger partial charge in [-0.05, 0) is 79.8 Å². The van der Waals surface area contributed by atoms with Crippen molar-refractivity contribution >= 4 is 28.0 Å². The highest BCUT2D eigenvalue weighted by Gasteiger charge is 2.49. The largest absolute Gasteiger partial charge is 0.508 e. The van der Waals surface area contributed by atoms with E-state index in [1.165, 1.54) is 0 Å². The third-order valence-electron chi connectivity index (χ3n) is 7.77. The Kier molecular flexibility index (Phi) is 6.40. The zero-order valence-corrected chi connectivity index (χ0v) is 23.2. The number of benzene rings is 3. The number of phenols is 1. The molecule has 0 saturated heterocycles. The number of hydrogen-bond acceptors (Lipinski definition) is 7. The fourth-order valence-electron chi connectivity index (χ4n) is 5.42. The summed E-state index contributed by atoms with van der Waals surface area (Å²) in [7, 11) is 1.85. The molecule has 1 atom stereocenters. The summed E-state index contributed by atoms with van der Waals surface area (Å²) in [4.78, 5) is 17.4. The highest BCUT2D eigenvalue weighted by molar-refractivity contribution is 6.04. The molecule has 2 heterocycles. The number of aromatic hydroxyl groups is 1. The first-order valence-electron chi connectivity index (χ1n) is 13.2. The quantitative estimate of drug-likeness (QED) is 0.277. The number of ether oxygens (including phenoxy) is 1. The predicted octanol–water partition coefficient (Wildman–Crippen LogP) is 6.83. The molecule has 7 nitrogen and oxygen atoms in total. The van der Waals surface area contributed by atoms with Gasteiger partial charge in [-0.15, -0.1) is 0 Å². The average molecular weight is 524 g/mol. The molecule has 1 N–H and O–H groups in total. The maximum absolute atomic E-state index is 13.4. The fraction of sp³-hybridized carbons (Fsp3) is 0.312. The van der Waals surface area contributed by atoms with E-state index in [1.807, 2.05) is 82.1 Å². The van der Waals surface area contributed by atoms with Gasteiger partial charge in [-0.1, -0.05) is 37.3 Å². The highest BCUT2D eigenvalue weighted by Crippen LogP contribution is 2.52. The van der Waals surface area contributed by atoms with Crippen LogP contribution >= 0.6 is 0 Å². The minimum atomic E-state index is -1.01.